The van der Waals surface area contributed by atoms with Gasteiger partial charge in [0.1, 0.15) is 0 Å². The molecule has 126 valence electrons. The van der Waals surface area contributed by atoms with Crippen LogP contribution in [0.25, 0.3) is 0 Å². The van der Waals surface area contributed by atoms with Crippen LogP contribution in [0.4, 0.5) is 17.6 Å². The summed E-state index contributed by atoms with van der Waals surface area (Å²) in [6, 6.07) is 3.51. The van der Waals surface area contributed by atoms with Gasteiger partial charge in [-0.2, -0.15) is 13.2 Å². The molecule has 8 heteroatoms. The van der Waals surface area contributed by atoms with Crippen LogP contribution in [-0.2, 0) is 6.18 Å². The number of nitrogens with zero attached hydrogens (tertiary/aromatic N) is 1. The zero-order valence-corrected chi connectivity index (χ0v) is 14.2. The maximum Gasteiger partial charge on any atom is 0.416 e. The van der Waals surface area contributed by atoms with Gasteiger partial charge in [0.25, 0.3) is 0 Å². The average Bonchev–Trinajstić information content (AvgIpc) is 2.44. The van der Waals surface area contributed by atoms with Crippen molar-refractivity contribution in [3.8, 4) is 0 Å². The van der Waals surface area contributed by atoms with E-state index < -0.39 is 18.4 Å². The Balaban J connectivity index is 0.00000242. The van der Waals surface area contributed by atoms with Gasteiger partial charge in [0, 0.05) is 36.7 Å². The van der Waals surface area contributed by atoms with Crippen LogP contribution in [-0.4, -0.2) is 37.8 Å². The number of hydrogen-bond acceptors (Lipinski definition) is 2. The van der Waals surface area contributed by atoms with Gasteiger partial charge in [-0.05, 0) is 30.2 Å². The summed E-state index contributed by atoms with van der Waals surface area (Å²) >= 11 is 3.12. The molecule has 1 atom stereocenters. The summed E-state index contributed by atoms with van der Waals surface area (Å²) in [5.74, 6) is 0. The number of halogens is 6. The molecule has 1 aromatic rings. The lowest BCUT2D eigenvalue weighted by Crippen LogP contribution is -2.45. The fourth-order valence-electron chi connectivity index (χ4n) is 2.63. The summed E-state index contributed by atoms with van der Waals surface area (Å²) in [7, 11) is 0. The van der Waals surface area contributed by atoms with E-state index in [0.717, 1.165) is 25.2 Å². The Morgan fingerprint density at radius 2 is 1.82 bits per heavy atom. The molecule has 0 spiro atoms. The van der Waals surface area contributed by atoms with Crippen LogP contribution < -0.4 is 5.32 Å². The van der Waals surface area contributed by atoms with Crippen molar-refractivity contribution >= 4 is 28.3 Å². The van der Waals surface area contributed by atoms with Crippen LogP contribution in [0.15, 0.2) is 22.7 Å². The second-order valence-corrected chi connectivity index (χ2v) is 5.97. The molecule has 1 aliphatic heterocycles. The number of piperazine rings is 1. The van der Waals surface area contributed by atoms with E-state index in [1.54, 1.807) is 6.07 Å². The fourth-order valence-corrected chi connectivity index (χ4v) is 3.14. The Hall–Kier alpha value is -0.370. The zero-order valence-electron chi connectivity index (χ0n) is 11.8. The van der Waals surface area contributed by atoms with Gasteiger partial charge < -0.3 is 5.32 Å². The Morgan fingerprint density at radius 1 is 1.18 bits per heavy atom. The smallest absolute Gasteiger partial charge is 0.314 e. The van der Waals surface area contributed by atoms with E-state index in [1.165, 1.54) is 0 Å². The minimum atomic E-state index is -4.40. The van der Waals surface area contributed by atoms with E-state index >= 15 is 0 Å². The first-order valence-corrected chi connectivity index (χ1v) is 7.59. The summed E-state index contributed by atoms with van der Waals surface area (Å²) < 4.78 is 52.0. The topological polar surface area (TPSA) is 15.3 Å². The molecule has 0 aromatic heterocycles. The molecule has 0 radical (unpaired) electrons. The average molecular weight is 406 g/mol. The number of benzene rings is 1. The highest BCUT2D eigenvalue weighted by Crippen LogP contribution is 2.35. The van der Waals surface area contributed by atoms with Crippen LogP contribution in [0.3, 0.4) is 0 Å². The molecule has 0 unspecified atom stereocenters. The first kappa shape index (κ1) is 19.7. The Kier molecular flexibility index (Phi) is 7.58. The highest BCUT2D eigenvalue weighted by molar-refractivity contribution is 9.10. The van der Waals surface area contributed by atoms with Gasteiger partial charge in [-0.15, -0.1) is 12.4 Å². The first-order valence-electron chi connectivity index (χ1n) is 6.80. The molecular formula is C14H18BrClF4N2. The standard InChI is InChI=1S/C14H17BrF4N2.ClH/c15-12-8-10(7-11(9-12)14(17,18)19)13(1-2-16)21-5-3-20-4-6-21;/h7-9,13,20H,1-6H2;1H/t13-;/m1./s1. The van der Waals surface area contributed by atoms with Crippen LogP contribution in [0.5, 0.6) is 0 Å². The summed E-state index contributed by atoms with van der Waals surface area (Å²) in [6.07, 6.45) is -4.20. The first-order chi connectivity index (χ1) is 9.91. The van der Waals surface area contributed by atoms with E-state index in [4.69, 9.17) is 0 Å². The number of rotatable bonds is 4. The maximum atomic E-state index is 12.9. The molecule has 0 saturated carbocycles. The van der Waals surface area contributed by atoms with Gasteiger partial charge in [-0.25, -0.2) is 0 Å². The van der Waals surface area contributed by atoms with Crippen LogP contribution in [0.1, 0.15) is 23.6 Å². The number of hydrogen-bond donors (Lipinski definition) is 1. The largest absolute Gasteiger partial charge is 0.416 e. The van der Waals surface area contributed by atoms with Crippen molar-refractivity contribution in [1.29, 1.82) is 0 Å². The van der Waals surface area contributed by atoms with Crippen molar-refractivity contribution in [1.82, 2.24) is 10.2 Å². The van der Waals surface area contributed by atoms with Crippen molar-refractivity contribution in [2.75, 3.05) is 32.9 Å². The predicted octanol–water partition coefficient (Wildman–Crippen LogP) is 4.20. The summed E-state index contributed by atoms with van der Waals surface area (Å²) in [6.45, 7) is 2.39. The molecule has 1 saturated heterocycles. The summed E-state index contributed by atoms with van der Waals surface area (Å²) in [5.41, 5.74) is -0.192. The van der Waals surface area contributed by atoms with E-state index in [2.05, 4.69) is 21.2 Å². The minimum Gasteiger partial charge on any atom is -0.314 e. The highest BCUT2D eigenvalue weighted by atomic mass is 79.9. The molecular weight excluding hydrogens is 388 g/mol. The summed E-state index contributed by atoms with van der Waals surface area (Å²) in [5, 5.41) is 3.19. The van der Waals surface area contributed by atoms with E-state index in [1.807, 2.05) is 4.90 Å². The lowest BCUT2D eigenvalue weighted by Gasteiger charge is -2.35. The van der Waals surface area contributed by atoms with Crippen molar-refractivity contribution in [3.63, 3.8) is 0 Å². The van der Waals surface area contributed by atoms with E-state index in [9.17, 15) is 17.6 Å². The third-order valence-electron chi connectivity index (χ3n) is 3.61. The molecule has 0 bridgehead atoms. The van der Waals surface area contributed by atoms with E-state index in [-0.39, 0.29) is 24.9 Å². The van der Waals surface area contributed by atoms with Crippen LogP contribution in [0.2, 0.25) is 0 Å². The van der Waals surface area contributed by atoms with E-state index in [0.29, 0.717) is 23.1 Å². The normalized spacial score (nSPS) is 17.9. The molecule has 0 amide bonds. The quantitative estimate of drug-likeness (QED) is 0.756. The number of nitrogens with one attached hydrogen (secondary N) is 1. The third kappa shape index (κ3) is 5.08. The van der Waals surface area contributed by atoms with Gasteiger partial charge in [0.2, 0.25) is 0 Å². The van der Waals surface area contributed by atoms with Gasteiger partial charge >= 0.3 is 6.18 Å². The Bertz CT molecular complexity index is 478. The van der Waals surface area contributed by atoms with Gasteiger partial charge in [-0.3, -0.25) is 9.29 Å². The number of alkyl halides is 4. The summed E-state index contributed by atoms with van der Waals surface area (Å²) in [4.78, 5) is 2.04. The molecule has 0 aliphatic carbocycles. The van der Waals surface area contributed by atoms with Crippen molar-refractivity contribution < 1.29 is 17.6 Å². The molecule has 1 N–H and O–H groups in total. The second-order valence-electron chi connectivity index (χ2n) is 5.05. The molecule has 22 heavy (non-hydrogen) atoms. The van der Waals surface area contributed by atoms with Crippen molar-refractivity contribution in [3.05, 3.63) is 33.8 Å². The molecule has 1 aliphatic rings. The zero-order chi connectivity index (χ0) is 15.5. The van der Waals surface area contributed by atoms with Crippen LogP contribution >= 0.6 is 28.3 Å². The molecule has 1 fully saturated rings. The lowest BCUT2D eigenvalue weighted by atomic mass is 9.99. The fraction of sp³-hybridized carbons (Fsp3) is 0.571. The molecule has 2 nitrogen and oxygen atoms in total. The SMILES string of the molecule is Cl.FCC[C@H](c1cc(Br)cc(C(F)(F)F)c1)N1CCNCC1. The van der Waals surface area contributed by atoms with Crippen molar-refractivity contribution in [2.24, 2.45) is 0 Å². The van der Waals surface area contributed by atoms with Gasteiger partial charge in [-0.1, -0.05) is 15.9 Å². The Morgan fingerprint density at radius 3 is 2.36 bits per heavy atom. The lowest BCUT2D eigenvalue weighted by molar-refractivity contribution is -0.137. The van der Waals surface area contributed by atoms with Crippen molar-refractivity contribution in [2.45, 2.75) is 18.6 Å². The third-order valence-corrected chi connectivity index (χ3v) is 4.06. The predicted molar refractivity (Wildman–Crippen MR) is 84.2 cm³/mol. The monoisotopic (exact) mass is 404 g/mol. The molecule has 1 heterocycles. The van der Waals surface area contributed by atoms with Gasteiger partial charge in [0.15, 0.2) is 0 Å². The molecule has 2 rings (SSSR count). The highest BCUT2D eigenvalue weighted by Gasteiger charge is 2.32. The minimum absolute atomic E-state index is 0. The second kappa shape index (κ2) is 8.47. The Labute approximate surface area is 141 Å². The molecule has 1 aromatic carbocycles. The van der Waals surface area contributed by atoms with Crippen LogP contribution in [0, 0.1) is 0 Å². The maximum absolute atomic E-state index is 12.9. The van der Waals surface area contributed by atoms with Gasteiger partial charge in [0.05, 0.1) is 12.2 Å².